The van der Waals surface area contributed by atoms with Gasteiger partial charge in [0.1, 0.15) is 0 Å². The first-order chi connectivity index (χ1) is 18.9. The molecule has 4 heterocycles. The van der Waals surface area contributed by atoms with Crippen LogP contribution in [0.1, 0.15) is 57.8 Å². The third-order valence-electron chi connectivity index (χ3n) is 12.1. The monoisotopic (exact) mass is 626 g/mol. The highest BCUT2D eigenvalue weighted by atomic mass is 28.5. The second kappa shape index (κ2) is 10.0. The van der Waals surface area contributed by atoms with E-state index in [9.17, 15) is 0 Å². The van der Waals surface area contributed by atoms with Crippen LogP contribution in [0.3, 0.4) is 0 Å². The second-order valence-corrected chi connectivity index (χ2v) is 30.4. The zero-order valence-corrected chi connectivity index (χ0v) is 29.8. The lowest BCUT2D eigenvalue weighted by Gasteiger charge is -2.50. The number of rotatable bonds is 9. The van der Waals surface area contributed by atoms with E-state index in [4.69, 9.17) is 30.7 Å². The first kappa shape index (κ1) is 29.3. The van der Waals surface area contributed by atoms with Crippen molar-refractivity contribution in [1.82, 2.24) is 0 Å². The third kappa shape index (κ3) is 5.84. The molecule has 0 radical (unpaired) electrons. The van der Waals surface area contributed by atoms with E-state index >= 15 is 0 Å². The highest BCUT2D eigenvalue weighted by molar-refractivity contribution is 6.93. The van der Waals surface area contributed by atoms with E-state index in [0.717, 1.165) is 94.8 Å². The highest BCUT2D eigenvalue weighted by Gasteiger charge is 2.62. The molecule has 7 rings (SSSR count). The molecule has 8 unspecified atom stereocenters. The zero-order valence-electron chi connectivity index (χ0n) is 25.8. The summed E-state index contributed by atoms with van der Waals surface area (Å²) in [5, 5.41) is 0. The Morgan fingerprint density at radius 3 is 1.15 bits per heavy atom. The van der Waals surface area contributed by atoms with Crippen molar-refractivity contribution in [2.45, 2.75) is 109 Å². The van der Waals surface area contributed by atoms with Gasteiger partial charge in [-0.2, -0.15) is 0 Å². The lowest BCUT2D eigenvalue weighted by atomic mass is 9.98. The average Bonchev–Trinajstić information content (AvgIpc) is 3.79. The van der Waals surface area contributed by atoms with Crippen molar-refractivity contribution in [3.05, 3.63) is 0 Å². The maximum atomic E-state index is 7.45. The molecule has 0 aromatic heterocycles. The fraction of sp³-hybridized carbons (Fsp3) is 1.00. The summed E-state index contributed by atoms with van der Waals surface area (Å²) in [5.41, 5.74) is 1.12. The Balaban J connectivity index is 1.09. The van der Waals surface area contributed by atoms with Crippen LogP contribution in [0.15, 0.2) is 0 Å². The Labute approximate surface area is 246 Å². The molecule has 7 nitrogen and oxygen atoms in total. The summed E-state index contributed by atoms with van der Waals surface area (Å²) in [7, 11) is -10.1. The summed E-state index contributed by atoms with van der Waals surface area (Å²) in [4.78, 5) is 0. The van der Waals surface area contributed by atoms with Gasteiger partial charge in [-0.05, 0) is 143 Å². The van der Waals surface area contributed by atoms with Crippen molar-refractivity contribution in [3.63, 3.8) is 0 Å². The lowest BCUT2D eigenvalue weighted by molar-refractivity contribution is 0.0432. The normalized spacial score (nSPS) is 52.9. The zero-order chi connectivity index (χ0) is 27.9. The van der Waals surface area contributed by atoms with E-state index in [1.807, 2.05) is 0 Å². The minimum atomic E-state index is -2.57. The van der Waals surface area contributed by atoms with Gasteiger partial charge in [0.2, 0.25) is 0 Å². The topological polar surface area (TPSA) is 64.6 Å². The summed E-state index contributed by atoms with van der Waals surface area (Å²) in [6.45, 7) is 17.1. The summed E-state index contributed by atoms with van der Waals surface area (Å²) in [5.74, 6) is 2.53. The SMILES string of the molecule is C[Si]1(C)O[Si](C)(CCC23COCCC2C3)O[Si](C)(CCC23COCCC2C3)O[Si](C)(CCC23COCCC2C3)O1. The Bertz CT molecular complexity index is 934. The molecule has 8 atom stereocenters. The van der Waals surface area contributed by atoms with Crippen LogP contribution >= 0.6 is 0 Å². The quantitative estimate of drug-likeness (QED) is 0.273. The highest BCUT2D eigenvalue weighted by Crippen LogP contribution is 2.63. The molecule has 3 saturated carbocycles. The maximum Gasteiger partial charge on any atom is 0.317 e. The van der Waals surface area contributed by atoms with Gasteiger partial charge in [0, 0.05) is 19.8 Å². The molecule has 228 valence electrons. The predicted octanol–water partition coefficient (Wildman–Crippen LogP) is 6.43. The Morgan fingerprint density at radius 2 is 0.825 bits per heavy atom. The molecule has 0 aromatic rings. The van der Waals surface area contributed by atoms with Crippen molar-refractivity contribution in [2.24, 2.45) is 34.0 Å². The van der Waals surface area contributed by atoms with Gasteiger partial charge in [-0.15, -0.1) is 0 Å². The van der Waals surface area contributed by atoms with Gasteiger partial charge in [0.05, 0.1) is 19.8 Å². The number of hydrogen-bond donors (Lipinski definition) is 0. The fourth-order valence-corrected chi connectivity index (χ4v) is 32.6. The molecule has 0 bridgehead atoms. The Kier molecular flexibility index (Phi) is 7.36. The molecule has 3 aliphatic carbocycles. The number of hydrogen-bond acceptors (Lipinski definition) is 7. The van der Waals surface area contributed by atoms with Crippen molar-refractivity contribution >= 4 is 34.2 Å². The standard InChI is InChI=1S/C29H54O7Si4/c1-37(2)33-38(3,15-9-27-18-24(27)6-12-30-21-27)35-40(5,17-11-29-20-26(29)8-14-32-23-29)36-39(4,34-37)16-10-28-19-25(28)7-13-31-22-28/h24-26H,6-23H2,1-5H3. The van der Waals surface area contributed by atoms with Crippen LogP contribution in [0.2, 0.25) is 50.9 Å². The van der Waals surface area contributed by atoms with Gasteiger partial charge in [-0.25, -0.2) is 0 Å². The summed E-state index contributed by atoms with van der Waals surface area (Å²) >= 11 is 0. The van der Waals surface area contributed by atoms with Crippen molar-refractivity contribution in [1.29, 1.82) is 0 Å². The van der Waals surface area contributed by atoms with Crippen LogP contribution in [0.25, 0.3) is 0 Å². The van der Waals surface area contributed by atoms with Gasteiger partial charge >= 0.3 is 34.2 Å². The minimum absolute atomic E-state index is 0.369. The lowest BCUT2D eigenvalue weighted by Crippen LogP contribution is -2.66. The molecule has 0 spiro atoms. The van der Waals surface area contributed by atoms with Crippen LogP contribution < -0.4 is 0 Å². The van der Waals surface area contributed by atoms with Gasteiger partial charge in [-0.3, -0.25) is 0 Å². The largest absolute Gasteiger partial charge is 0.416 e. The van der Waals surface area contributed by atoms with Gasteiger partial charge in [0.25, 0.3) is 0 Å². The van der Waals surface area contributed by atoms with Crippen LogP contribution in [0.5, 0.6) is 0 Å². The van der Waals surface area contributed by atoms with E-state index in [1.165, 1.54) is 38.5 Å². The van der Waals surface area contributed by atoms with Gasteiger partial charge < -0.3 is 30.7 Å². The first-order valence-electron chi connectivity index (χ1n) is 16.4. The smallest absolute Gasteiger partial charge is 0.317 e. The Hall–Kier alpha value is 0.588. The molecular formula is C29H54O7Si4. The van der Waals surface area contributed by atoms with Gasteiger partial charge in [-0.1, -0.05) is 0 Å². The molecular weight excluding hydrogens is 573 g/mol. The molecule has 0 amide bonds. The summed E-state index contributed by atoms with van der Waals surface area (Å²) in [6, 6.07) is 3.08. The molecule has 40 heavy (non-hydrogen) atoms. The van der Waals surface area contributed by atoms with Crippen molar-refractivity contribution in [2.75, 3.05) is 39.6 Å². The number of fused-ring (bicyclic) bond motifs is 3. The van der Waals surface area contributed by atoms with E-state index < -0.39 is 34.2 Å². The van der Waals surface area contributed by atoms with Gasteiger partial charge in [0.15, 0.2) is 0 Å². The van der Waals surface area contributed by atoms with Crippen LogP contribution in [-0.2, 0) is 30.7 Å². The molecule has 0 N–H and O–H groups in total. The molecule has 7 fully saturated rings. The van der Waals surface area contributed by atoms with E-state index in [1.54, 1.807) is 0 Å². The summed E-state index contributed by atoms with van der Waals surface area (Å²) < 4.78 is 47.2. The molecule has 4 aliphatic heterocycles. The average molecular weight is 627 g/mol. The Morgan fingerprint density at radius 1 is 0.500 bits per heavy atom. The van der Waals surface area contributed by atoms with Crippen molar-refractivity contribution in [3.8, 4) is 0 Å². The predicted molar refractivity (Wildman–Crippen MR) is 163 cm³/mol. The van der Waals surface area contributed by atoms with Crippen molar-refractivity contribution < 1.29 is 30.7 Å². The van der Waals surface area contributed by atoms with E-state index in [2.05, 4.69) is 32.7 Å². The fourth-order valence-electron chi connectivity index (χ4n) is 9.46. The first-order valence-corrected chi connectivity index (χ1v) is 26.8. The number of ether oxygens (including phenoxy) is 3. The van der Waals surface area contributed by atoms with Crippen LogP contribution in [0, 0.1) is 34.0 Å². The van der Waals surface area contributed by atoms with Crippen LogP contribution in [0.4, 0.5) is 0 Å². The third-order valence-corrected chi connectivity index (χ3v) is 29.9. The molecule has 7 aliphatic rings. The molecule has 11 heteroatoms. The molecule has 0 aromatic carbocycles. The minimum Gasteiger partial charge on any atom is -0.416 e. The summed E-state index contributed by atoms with van der Waals surface area (Å²) in [6.07, 6.45) is 11.1. The molecule has 4 saturated heterocycles. The second-order valence-electron chi connectivity index (χ2n) is 16.0. The van der Waals surface area contributed by atoms with E-state index in [-0.39, 0.29) is 0 Å². The maximum absolute atomic E-state index is 7.45. The van der Waals surface area contributed by atoms with Crippen LogP contribution in [-0.4, -0.2) is 73.9 Å². The van der Waals surface area contributed by atoms with E-state index in [0.29, 0.717) is 16.2 Å².